The molecule has 0 aromatic carbocycles. The van der Waals surface area contributed by atoms with Crippen molar-refractivity contribution in [1.29, 1.82) is 0 Å². The predicted molar refractivity (Wildman–Crippen MR) is 51.9 cm³/mol. The number of carbonyl (C=O) groups excluding carboxylic acids is 1. The molecule has 72 valence electrons. The fraction of sp³-hybridized carbons (Fsp3) is 0.750. The normalized spacial score (nSPS) is 9.15. The molecular weight excluding hydrogens is 181 g/mol. The second-order valence-electron chi connectivity index (χ2n) is 2.62. The Morgan fingerprint density at radius 3 is 2.08 bits per heavy atom. The van der Waals surface area contributed by atoms with E-state index in [0.29, 0.717) is 0 Å². The molecule has 1 amide bonds. The predicted octanol–water partition coefficient (Wildman–Crippen LogP) is -0.0251. The molecule has 0 aliphatic carbocycles. The molecule has 0 saturated carbocycles. The summed E-state index contributed by atoms with van der Waals surface area (Å²) >= 11 is 0. The Labute approximate surface area is 100 Å². The maximum atomic E-state index is 11.1. The van der Waals surface area contributed by atoms with Crippen molar-refractivity contribution in [1.82, 2.24) is 5.32 Å². The van der Waals surface area contributed by atoms with Crippen molar-refractivity contribution in [3.63, 3.8) is 0 Å². The number of hydrogen-bond acceptors (Lipinski definition) is 2. The van der Waals surface area contributed by atoms with Crippen LogP contribution in [0.1, 0.15) is 26.7 Å². The molecule has 0 aromatic rings. The number of carboxylic acids is 1. The molecule has 0 spiro atoms. The minimum absolute atomic E-state index is 0. The molecule has 5 heteroatoms. The summed E-state index contributed by atoms with van der Waals surface area (Å²) in [5.74, 6) is -1.22. The van der Waals surface area contributed by atoms with Crippen molar-refractivity contribution in [2.45, 2.75) is 26.7 Å². The Balaban J connectivity index is 0. The first kappa shape index (κ1) is 15.4. The summed E-state index contributed by atoms with van der Waals surface area (Å²) in [6, 6.07) is 0. The first-order valence-electron chi connectivity index (χ1n) is 4.11. The van der Waals surface area contributed by atoms with E-state index in [1.807, 2.05) is 13.8 Å². The quantitative estimate of drug-likeness (QED) is 0.608. The van der Waals surface area contributed by atoms with Crippen LogP contribution in [0.15, 0.2) is 0 Å². The van der Waals surface area contributed by atoms with E-state index in [1.165, 1.54) is 0 Å². The van der Waals surface area contributed by atoms with Crippen LogP contribution in [0.25, 0.3) is 0 Å². The van der Waals surface area contributed by atoms with Gasteiger partial charge in [0.25, 0.3) is 0 Å². The zero-order valence-corrected chi connectivity index (χ0v) is 7.46. The average molecular weight is 197 g/mol. The van der Waals surface area contributed by atoms with Crippen molar-refractivity contribution in [3.05, 3.63) is 0 Å². The molecule has 4 nitrogen and oxygen atoms in total. The van der Waals surface area contributed by atoms with E-state index >= 15 is 0 Å². The second kappa shape index (κ2) is 8.53. The number of amides is 1. The Bertz CT molecular complexity index is 169. The van der Waals surface area contributed by atoms with Gasteiger partial charge in [0.2, 0.25) is 5.91 Å². The molecule has 0 saturated heterocycles. The number of aliphatic carboxylic acids is 1. The average Bonchev–Trinajstić information content (AvgIpc) is 2.03. The van der Waals surface area contributed by atoms with Gasteiger partial charge in [0, 0.05) is 5.92 Å². The first-order chi connectivity index (χ1) is 5.61. The van der Waals surface area contributed by atoms with Gasteiger partial charge < -0.3 is 10.4 Å². The summed E-state index contributed by atoms with van der Waals surface area (Å²) in [7, 11) is 0. The van der Waals surface area contributed by atoms with Crippen molar-refractivity contribution >= 4 is 41.4 Å². The third-order valence-corrected chi connectivity index (χ3v) is 1.77. The molecule has 0 rings (SSSR count). The molecule has 2 N–H and O–H groups in total. The summed E-state index contributed by atoms with van der Waals surface area (Å²) in [4.78, 5) is 21.2. The van der Waals surface area contributed by atoms with Gasteiger partial charge in [-0.1, -0.05) is 13.8 Å². The number of hydrogen-bond donors (Lipinski definition) is 2. The van der Waals surface area contributed by atoms with Crippen LogP contribution in [0.2, 0.25) is 0 Å². The zero-order chi connectivity index (χ0) is 9.56. The summed E-state index contributed by atoms with van der Waals surface area (Å²) in [6.45, 7) is 3.54. The van der Waals surface area contributed by atoms with E-state index in [-0.39, 0.29) is 47.9 Å². The topological polar surface area (TPSA) is 66.4 Å². The summed E-state index contributed by atoms with van der Waals surface area (Å²) in [5, 5.41) is 10.6. The van der Waals surface area contributed by atoms with Gasteiger partial charge in [-0.2, -0.15) is 0 Å². The van der Waals surface area contributed by atoms with E-state index in [1.54, 1.807) is 0 Å². The van der Waals surface area contributed by atoms with Gasteiger partial charge in [0.05, 0.1) is 0 Å². The van der Waals surface area contributed by atoms with Gasteiger partial charge in [0.1, 0.15) is 6.54 Å². The molecular formula is C8H16NNaO3. The van der Waals surface area contributed by atoms with E-state index < -0.39 is 5.97 Å². The fourth-order valence-corrected chi connectivity index (χ4v) is 0.967. The zero-order valence-electron chi connectivity index (χ0n) is 7.46. The maximum absolute atomic E-state index is 11.1. The van der Waals surface area contributed by atoms with E-state index in [2.05, 4.69) is 5.32 Å². The fourth-order valence-electron chi connectivity index (χ4n) is 0.967. The monoisotopic (exact) mass is 197 g/mol. The number of nitrogens with one attached hydrogen (secondary N) is 1. The standard InChI is InChI=1S/C8H15NO3.Na.H/c1-3-6(4-2)8(12)9-5-7(10)11;;/h6H,3-5H2,1-2H3,(H,9,12)(H,10,11);;. The van der Waals surface area contributed by atoms with Crippen LogP contribution in [0.5, 0.6) is 0 Å². The van der Waals surface area contributed by atoms with Gasteiger partial charge >= 0.3 is 35.5 Å². The van der Waals surface area contributed by atoms with Crippen LogP contribution in [0.3, 0.4) is 0 Å². The van der Waals surface area contributed by atoms with Crippen LogP contribution in [-0.4, -0.2) is 53.1 Å². The molecule has 13 heavy (non-hydrogen) atoms. The van der Waals surface area contributed by atoms with Crippen LogP contribution < -0.4 is 5.32 Å². The molecule has 0 aromatic heterocycles. The summed E-state index contributed by atoms with van der Waals surface area (Å²) < 4.78 is 0. The Hall–Kier alpha value is -0.0600. The molecule has 0 fully saturated rings. The molecule has 0 bridgehead atoms. The van der Waals surface area contributed by atoms with Crippen LogP contribution >= 0.6 is 0 Å². The third kappa shape index (κ3) is 7.05. The van der Waals surface area contributed by atoms with Crippen LogP contribution in [0.4, 0.5) is 0 Å². The van der Waals surface area contributed by atoms with Crippen LogP contribution in [0, 0.1) is 5.92 Å². The summed E-state index contributed by atoms with van der Waals surface area (Å²) in [6.07, 6.45) is 1.50. The van der Waals surface area contributed by atoms with Gasteiger partial charge in [-0.25, -0.2) is 0 Å². The van der Waals surface area contributed by atoms with Crippen molar-refractivity contribution in [2.75, 3.05) is 6.54 Å². The second-order valence-corrected chi connectivity index (χ2v) is 2.62. The Kier molecular flexibility index (Phi) is 10.1. The van der Waals surface area contributed by atoms with Crippen LogP contribution in [-0.2, 0) is 9.59 Å². The minimum atomic E-state index is -1.01. The van der Waals surface area contributed by atoms with Gasteiger partial charge in [-0.15, -0.1) is 0 Å². The van der Waals surface area contributed by atoms with Gasteiger partial charge in [-0.05, 0) is 12.8 Å². The number of carbonyl (C=O) groups is 2. The molecule has 0 heterocycles. The van der Waals surface area contributed by atoms with E-state index in [9.17, 15) is 9.59 Å². The molecule has 0 aliphatic heterocycles. The SMILES string of the molecule is CCC(CC)C(=O)NCC(=O)O.[NaH]. The molecule has 0 unspecified atom stereocenters. The molecule has 0 aliphatic rings. The molecule has 0 atom stereocenters. The summed E-state index contributed by atoms with van der Waals surface area (Å²) in [5.41, 5.74) is 0. The third-order valence-electron chi connectivity index (χ3n) is 1.77. The van der Waals surface area contributed by atoms with Crippen molar-refractivity contribution in [3.8, 4) is 0 Å². The van der Waals surface area contributed by atoms with E-state index in [4.69, 9.17) is 5.11 Å². The Morgan fingerprint density at radius 2 is 1.77 bits per heavy atom. The van der Waals surface area contributed by atoms with Crippen molar-refractivity contribution < 1.29 is 14.7 Å². The van der Waals surface area contributed by atoms with Gasteiger partial charge in [-0.3, -0.25) is 9.59 Å². The number of carboxylic acid groups (broad SMARTS) is 1. The number of rotatable bonds is 5. The Morgan fingerprint density at radius 1 is 1.31 bits per heavy atom. The first-order valence-corrected chi connectivity index (χ1v) is 4.11. The van der Waals surface area contributed by atoms with Crippen molar-refractivity contribution in [2.24, 2.45) is 5.92 Å². The van der Waals surface area contributed by atoms with Gasteiger partial charge in [0.15, 0.2) is 0 Å². The van der Waals surface area contributed by atoms with E-state index in [0.717, 1.165) is 12.8 Å². The molecule has 0 radical (unpaired) electrons.